The summed E-state index contributed by atoms with van der Waals surface area (Å²) in [6.07, 6.45) is 10.8. The number of hydrogen-bond acceptors (Lipinski definition) is 3. The Balaban J connectivity index is 2.06. The van der Waals surface area contributed by atoms with Crippen LogP contribution >= 0.6 is 0 Å². The zero-order valence-corrected chi connectivity index (χ0v) is 10.8. The molecular formula is C13H24N4. The maximum atomic E-state index is 6.41. The molecule has 0 amide bonds. The fourth-order valence-electron chi connectivity index (χ4n) is 2.82. The van der Waals surface area contributed by atoms with Crippen molar-refractivity contribution in [2.75, 3.05) is 0 Å². The van der Waals surface area contributed by atoms with Gasteiger partial charge in [0.15, 0.2) is 0 Å². The molecule has 0 radical (unpaired) electrons. The zero-order chi connectivity index (χ0) is 12.1. The number of hydrogen-bond donors (Lipinski definition) is 1. The molecule has 1 aromatic rings. The molecule has 0 bridgehead atoms. The predicted octanol–water partition coefficient (Wildman–Crippen LogP) is 2.66. The second-order valence-corrected chi connectivity index (χ2v) is 5.16. The summed E-state index contributed by atoms with van der Waals surface area (Å²) in [6, 6.07) is 0.120. The van der Waals surface area contributed by atoms with E-state index < -0.39 is 0 Å². The van der Waals surface area contributed by atoms with Crippen LogP contribution in [0.1, 0.15) is 63.6 Å². The molecular weight excluding hydrogens is 212 g/mol. The van der Waals surface area contributed by atoms with E-state index in [1.54, 1.807) is 0 Å². The monoisotopic (exact) mass is 236 g/mol. The molecule has 1 unspecified atom stereocenters. The molecule has 0 aliphatic heterocycles. The lowest BCUT2D eigenvalue weighted by molar-refractivity contribution is 0.361. The van der Waals surface area contributed by atoms with Crippen LogP contribution in [0.15, 0.2) is 6.20 Å². The SMILES string of the molecule is CCCn1nncc1C(N)C1CCCCCC1. The summed E-state index contributed by atoms with van der Waals surface area (Å²) in [5.74, 6) is 0.617. The molecule has 2 N–H and O–H groups in total. The van der Waals surface area contributed by atoms with Crippen molar-refractivity contribution < 1.29 is 0 Å². The summed E-state index contributed by atoms with van der Waals surface area (Å²) in [5, 5.41) is 8.14. The topological polar surface area (TPSA) is 56.7 Å². The normalized spacial score (nSPS) is 20.1. The highest BCUT2D eigenvalue weighted by atomic mass is 15.4. The largest absolute Gasteiger partial charge is 0.322 e. The smallest absolute Gasteiger partial charge is 0.0757 e. The first kappa shape index (κ1) is 12.6. The first-order valence-corrected chi connectivity index (χ1v) is 6.97. The first-order chi connectivity index (χ1) is 8.33. The Bertz CT molecular complexity index is 326. The number of nitrogens with two attached hydrogens (primary N) is 1. The molecule has 17 heavy (non-hydrogen) atoms. The minimum Gasteiger partial charge on any atom is -0.322 e. The molecule has 1 aromatic heterocycles. The van der Waals surface area contributed by atoms with Crippen LogP contribution in [0.2, 0.25) is 0 Å². The van der Waals surface area contributed by atoms with E-state index in [-0.39, 0.29) is 6.04 Å². The Morgan fingerprint density at radius 2 is 2.06 bits per heavy atom. The highest BCUT2D eigenvalue weighted by molar-refractivity contribution is 5.03. The van der Waals surface area contributed by atoms with Crippen LogP contribution in [0, 0.1) is 5.92 Å². The van der Waals surface area contributed by atoms with Crippen LogP contribution in [-0.2, 0) is 6.54 Å². The molecule has 1 fully saturated rings. The van der Waals surface area contributed by atoms with Gasteiger partial charge < -0.3 is 5.73 Å². The molecule has 1 atom stereocenters. The predicted molar refractivity (Wildman–Crippen MR) is 68.4 cm³/mol. The lowest BCUT2D eigenvalue weighted by Crippen LogP contribution is -2.24. The molecule has 2 rings (SSSR count). The van der Waals surface area contributed by atoms with Crippen LogP contribution in [-0.4, -0.2) is 15.0 Å². The minimum atomic E-state index is 0.120. The minimum absolute atomic E-state index is 0.120. The third-order valence-corrected chi connectivity index (χ3v) is 3.83. The van der Waals surface area contributed by atoms with Crippen LogP contribution in [0.4, 0.5) is 0 Å². The van der Waals surface area contributed by atoms with Crippen LogP contribution in [0.25, 0.3) is 0 Å². The van der Waals surface area contributed by atoms with E-state index in [0.717, 1.165) is 18.7 Å². The summed E-state index contributed by atoms with van der Waals surface area (Å²) >= 11 is 0. The molecule has 4 heteroatoms. The van der Waals surface area contributed by atoms with Gasteiger partial charge in [-0.2, -0.15) is 0 Å². The van der Waals surface area contributed by atoms with Gasteiger partial charge in [-0.15, -0.1) is 5.10 Å². The van der Waals surface area contributed by atoms with Gasteiger partial charge in [0, 0.05) is 6.54 Å². The number of rotatable bonds is 4. The van der Waals surface area contributed by atoms with Crippen LogP contribution in [0.5, 0.6) is 0 Å². The van der Waals surface area contributed by atoms with Gasteiger partial charge in [-0.25, -0.2) is 4.68 Å². The summed E-state index contributed by atoms with van der Waals surface area (Å²) in [6.45, 7) is 3.08. The average molecular weight is 236 g/mol. The van der Waals surface area contributed by atoms with Gasteiger partial charge in [-0.05, 0) is 25.2 Å². The van der Waals surface area contributed by atoms with Crippen molar-refractivity contribution in [1.82, 2.24) is 15.0 Å². The second-order valence-electron chi connectivity index (χ2n) is 5.16. The molecule has 4 nitrogen and oxygen atoms in total. The summed E-state index contributed by atoms with van der Waals surface area (Å²) in [7, 11) is 0. The fraction of sp³-hybridized carbons (Fsp3) is 0.846. The van der Waals surface area contributed by atoms with E-state index in [1.165, 1.54) is 38.5 Å². The fourth-order valence-corrected chi connectivity index (χ4v) is 2.82. The highest BCUT2D eigenvalue weighted by Gasteiger charge is 2.23. The van der Waals surface area contributed by atoms with Gasteiger partial charge in [0.05, 0.1) is 17.9 Å². The third kappa shape index (κ3) is 3.06. The highest BCUT2D eigenvalue weighted by Crippen LogP contribution is 2.31. The Morgan fingerprint density at radius 1 is 1.35 bits per heavy atom. The van der Waals surface area contributed by atoms with E-state index >= 15 is 0 Å². The van der Waals surface area contributed by atoms with Crippen LogP contribution in [0.3, 0.4) is 0 Å². The molecule has 1 aliphatic carbocycles. The zero-order valence-electron chi connectivity index (χ0n) is 10.8. The van der Waals surface area contributed by atoms with Crippen molar-refractivity contribution in [3.05, 3.63) is 11.9 Å². The lowest BCUT2D eigenvalue weighted by Gasteiger charge is -2.22. The van der Waals surface area contributed by atoms with Crippen LogP contribution < -0.4 is 5.73 Å². The van der Waals surface area contributed by atoms with Gasteiger partial charge >= 0.3 is 0 Å². The van der Waals surface area contributed by atoms with Crippen molar-refractivity contribution in [1.29, 1.82) is 0 Å². The second kappa shape index (κ2) is 6.15. The lowest BCUT2D eigenvalue weighted by atomic mass is 9.90. The molecule has 0 spiro atoms. The van der Waals surface area contributed by atoms with Gasteiger partial charge in [0.25, 0.3) is 0 Å². The van der Waals surface area contributed by atoms with Gasteiger partial charge in [0.1, 0.15) is 0 Å². The van der Waals surface area contributed by atoms with Crippen molar-refractivity contribution in [2.24, 2.45) is 11.7 Å². The van der Waals surface area contributed by atoms with Crippen molar-refractivity contribution >= 4 is 0 Å². The molecule has 96 valence electrons. The summed E-state index contributed by atoms with van der Waals surface area (Å²) in [4.78, 5) is 0. The Morgan fingerprint density at radius 3 is 2.71 bits per heavy atom. The van der Waals surface area contributed by atoms with Crippen molar-refractivity contribution in [3.63, 3.8) is 0 Å². The summed E-state index contributed by atoms with van der Waals surface area (Å²) < 4.78 is 1.98. The van der Waals surface area contributed by atoms with Crippen molar-refractivity contribution in [3.8, 4) is 0 Å². The maximum Gasteiger partial charge on any atom is 0.0757 e. The number of aryl methyl sites for hydroxylation is 1. The Labute approximate surface area is 104 Å². The first-order valence-electron chi connectivity index (χ1n) is 6.97. The third-order valence-electron chi connectivity index (χ3n) is 3.83. The van der Waals surface area contributed by atoms with E-state index in [4.69, 9.17) is 5.73 Å². The number of nitrogens with zero attached hydrogens (tertiary/aromatic N) is 3. The van der Waals surface area contributed by atoms with E-state index in [2.05, 4.69) is 17.2 Å². The standard InChI is InChI=1S/C13H24N4/c1-2-9-17-12(10-15-16-17)13(14)11-7-5-3-4-6-8-11/h10-11,13H,2-9,14H2,1H3. The van der Waals surface area contributed by atoms with E-state index in [1.807, 2.05) is 10.9 Å². The molecule has 1 heterocycles. The Hall–Kier alpha value is -0.900. The van der Waals surface area contributed by atoms with E-state index in [0.29, 0.717) is 5.92 Å². The molecule has 0 aromatic carbocycles. The van der Waals surface area contributed by atoms with Gasteiger partial charge in [0.2, 0.25) is 0 Å². The Kier molecular flexibility index (Phi) is 4.54. The molecule has 1 saturated carbocycles. The number of aromatic nitrogens is 3. The van der Waals surface area contributed by atoms with Crippen molar-refractivity contribution in [2.45, 2.75) is 64.5 Å². The van der Waals surface area contributed by atoms with Gasteiger partial charge in [-0.1, -0.05) is 37.8 Å². The summed E-state index contributed by atoms with van der Waals surface area (Å²) in [5.41, 5.74) is 7.54. The maximum absolute atomic E-state index is 6.41. The molecule has 0 saturated heterocycles. The molecule has 1 aliphatic rings. The quantitative estimate of drug-likeness (QED) is 0.818. The van der Waals surface area contributed by atoms with E-state index in [9.17, 15) is 0 Å². The average Bonchev–Trinajstić information content (AvgIpc) is 2.63. The van der Waals surface area contributed by atoms with Gasteiger partial charge in [-0.3, -0.25) is 0 Å².